The molecule has 4 heteroatoms. The van der Waals surface area contributed by atoms with Crippen molar-refractivity contribution in [3.05, 3.63) is 48.0 Å². The van der Waals surface area contributed by atoms with E-state index >= 15 is 0 Å². The van der Waals surface area contributed by atoms with Crippen molar-refractivity contribution >= 4 is 11.8 Å². The minimum Gasteiger partial charge on any atom is -0.352 e. The number of likely N-dealkylation sites (tertiary alicyclic amines) is 1. The minimum absolute atomic E-state index is 0.00399. The van der Waals surface area contributed by atoms with E-state index in [1.165, 1.54) is 11.6 Å². The van der Waals surface area contributed by atoms with E-state index in [0.717, 1.165) is 18.4 Å². The molecule has 1 saturated heterocycles. The Hall–Kier alpha value is -2.10. The maximum Gasteiger partial charge on any atom is 0.245 e. The maximum atomic E-state index is 12.1. The van der Waals surface area contributed by atoms with Gasteiger partial charge in [-0.05, 0) is 31.4 Å². The van der Waals surface area contributed by atoms with Gasteiger partial charge >= 0.3 is 0 Å². The predicted molar refractivity (Wildman–Crippen MR) is 82.5 cm³/mol. The van der Waals surface area contributed by atoms with Crippen molar-refractivity contribution < 1.29 is 9.59 Å². The molecule has 0 aliphatic carbocycles. The largest absolute Gasteiger partial charge is 0.352 e. The molecule has 0 atom stereocenters. The van der Waals surface area contributed by atoms with Crippen LogP contribution in [-0.4, -0.2) is 29.8 Å². The second-order valence-electron chi connectivity index (χ2n) is 5.51. The van der Waals surface area contributed by atoms with Crippen LogP contribution < -0.4 is 5.32 Å². The summed E-state index contributed by atoms with van der Waals surface area (Å²) in [4.78, 5) is 25.4. The summed E-state index contributed by atoms with van der Waals surface area (Å²) in [5, 5.41) is 2.98. The molecule has 0 bridgehead atoms. The van der Waals surface area contributed by atoms with Crippen molar-refractivity contribution in [2.75, 3.05) is 13.1 Å². The van der Waals surface area contributed by atoms with E-state index in [0.29, 0.717) is 19.6 Å². The van der Waals surface area contributed by atoms with Crippen molar-refractivity contribution in [3.63, 3.8) is 0 Å². The fraction of sp³-hybridized carbons (Fsp3) is 0.412. The van der Waals surface area contributed by atoms with Crippen LogP contribution in [0.1, 0.15) is 24.0 Å². The van der Waals surface area contributed by atoms with Gasteiger partial charge < -0.3 is 10.2 Å². The number of hydrogen-bond donors (Lipinski definition) is 1. The molecule has 0 radical (unpaired) electrons. The fourth-order valence-electron chi connectivity index (χ4n) is 2.53. The molecule has 1 aliphatic rings. The van der Waals surface area contributed by atoms with Gasteiger partial charge in [0, 0.05) is 25.6 Å². The molecule has 1 aromatic rings. The fourth-order valence-corrected chi connectivity index (χ4v) is 2.53. The molecule has 1 fully saturated rings. The molecule has 2 amide bonds. The number of benzene rings is 1. The highest BCUT2D eigenvalue weighted by Crippen LogP contribution is 2.17. The van der Waals surface area contributed by atoms with Crippen LogP contribution in [0.15, 0.2) is 36.9 Å². The summed E-state index contributed by atoms with van der Waals surface area (Å²) in [6, 6.07) is 8.14. The van der Waals surface area contributed by atoms with E-state index in [2.05, 4.69) is 11.9 Å². The van der Waals surface area contributed by atoms with Crippen LogP contribution in [0.3, 0.4) is 0 Å². The van der Waals surface area contributed by atoms with Gasteiger partial charge in [-0.2, -0.15) is 0 Å². The summed E-state index contributed by atoms with van der Waals surface area (Å²) < 4.78 is 0. The number of piperidine rings is 1. The van der Waals surface area contributed by atoms with E-state index in [-0.39, 0.29) is 17.7 Å². The highest BCUT2D eigenvalue weighted by molar-refractivity contribution is 5.87. The molecular formula is C17H22N2O2. The summed E-state index contributed by atoms with van der Waals surface area (Å²) in [6.07, 6.45) is 2.77. The molecule has 1 aromatic carbocycles. The standard InChI is InChI=1S/C17H22N2O2/c1-3-16(20)19-10-8-15(9-11-19)17(21)18-12-14-6-4-13(2)5-7-14/h3-7,15H,1,8-12H2,2H3,(H,18,21). The average Bonchev–Trinajstić information content (AvgIpc) is 2.53. The highest BCUT2D eigenvalue weighted by atomic mass is 16.2. The molecule has 1 heterocycles. The Bertz CT molecular complexity index is 514. The van der Waals surface area contributed by atoms with Crippen molar-refractivity contribution in [1.82, 2.24) is 10.2 Å². The summed E-state index contributed by atoms with van der Waals surface area (Å²) >= 11 is 0. The van der Waals surface area contributed by atoms with Crippen molar-refractivity contribution in [2.45, 2.75) is 26.3 Å². The molecule has 0 unspecified atom stereocenters. The van der Waals surface area contributed by atoms with Crippen LogP contribution in [-0.2, 0) is 16.1 Å². The van der Waals surface area contributed by atoms with E-state index in [1.807, 2.05) is 31.2 Å². The Balaban J connectivity index is 1.78. The molecule has 1 aliphatic heterocycles. The summed E-state index contributed by atoms with van der Waals surface area (Å²) in [7, 11) is 0. The second-order valence-corrected chi connectivity index (χ2v) is 5.51. The number of aryl methyl sites for hydroxylation is 1. The van der Waals surface area contributed by atoms with Gasteiger partial charge in [0.15, 0.2) is 0 Å². The predicted octanol–water partition coefficient (Wildman–Crippen LogP) is 2.04. The van der Waals surface area contributed by atoms with E-state index < -0.39 is 0 Å². The van der Waals surface area contributed by atoms with Gasteiger partial charge in [0.2, 0.25) is 11.8 Å². The minimum atomic E-state index is -0.0477. The van der Waals surface area contributed by atoms with E-state index in [9.17, 15) is 9.59 Å². The van der Waals surface area contributed by atoms with Gasteiger partial charge in [-0.25, -0.2) is 0 Å². The van der Waals surface area contributed by atoms with Crippen molar-refractivity contribution in [3.8, 4) is 0 Å². The van der Waals surface area contributed by atoms with Crippen LogP contribution in [0.2, 0.25) is 0 Å². The van der Waals surface area contributed by atoms with Gasteiger partial charge in [-0.15, -0.1) is 0 Å². The SMILES string of the molecule is C=CC(=O)N1CCC(C(=O)NCc2ccc(C)cc2)CC1. The quantitative estimate of drug-likeness (QED) is 0.861. The molecule has 4 nitrogen and oxygen atoms in total. The molecular weight excluding hydrogens is 264 g/mol. The molecule has 1 N–H and O–H groups in total. The lowest BCUT2D eigenvalue weighted by atomic mass is 9.95. The molecule has 0 spiro atoms. The second kappa shape index (κ2) is 7.07. The van der Waals surface area contributed by atoms with Gasteiger partial charge in [-0.3, -0.25) is 9.59 Å². The van der Waals surface area contributed by atoms with Crippen LogP contribution >= 0.6 is 0 Å². The molecule has 0 aromatic heterocycles. The van der Waals surface area contributed by atoms with Gasteiger partial charge in [0.1, 0.15) is 0 Å². The average molecular weight is 286 g/mol. The smallest absolute Gasteiger partial charge is 0.245 e. The lowest BCUT2D eigenvalue weighted by Crippen LogP contribution is -2.42. The zero-order valence-electron chi connectivity index (χ0n) is 12.5. The number of nitrogens with one attached hydrogen (secondary N) is 1. The molecule has 21 heavy (non-hydrogen) atoms. The summed E-state index contributed by atoms with van der Waals surface area (Å²) in [6.45, 7) is 7.36. The van der Waals surface area contributed by atoms with Crippen LogP contribution in [0.25, 0.3) is 0 Å². The zero-order chi connectivity index (χ0) is 15.2. The van der Waals surface area contributed by atoms with Crippen LogP contribution in [0, 0.1) is 12.8 Å². The van der Waals surface area contributed by atoms with Crippen molar-refractivity contribution in [1.29, 1.82) is 0 Å². The number of amides is 2. The first kappa shape index (κ1) is 15.3. The van der Waals surface area contributed by atoms with Gasteiger partial charge in [-0.1, -0.05) is 36.4 Å². The van der Waals surface area contributed by atoms with Gasteiger partial charge in [0.05, 0.1) is 0 Å². The Kier molecular flexibility index (Phi) is 5.14. The number of rotatable bonds is 4. The number of hydrogen-bond acceptors (Lipinski definition) is 2. The highest BCUT2D eigenvalue weighted by Gasteiger charge is 2.26. The Morgan fingerprint density at radius 2 is 1.90 bits per heavy atom. The first-order chi connectivity index (χ1) is 10.1. The Morgan fingerprint density at radius 3 is 2.48 bits per heavy atom. The number of nitrogens with zero attached hydrogens (tertiary/aromatic N) is 1. The van der Waals surface area contributed by atoms with Crippen LogP contribution in [0.5, 0.6) is 0 Å². The third-order valence-electron chi connectivity index (χ3n) is 3.94. The zero-order valence-corrected chi connectivity index (χ0v) is 12.5. The first-order valence-corrected chi connectivity index (χ1v) is 7.34. The van der Waals surface area contributed by atoms with E-state index in [4.69, 9.17) is 0 Å². The lowest BCUT2D eigenvalue weighted by molar-refractivity contribution is -0.132. The van der Waals surface area contributed by atoms with Gasteiger partial charge in [0.25, 0.3) is 0 Å². The summed E-state index contributed by atoms with van der Waals surface area (Å²) in [5.41, 5.74) is 2.32. The Labute approximate surface area is 125 Å². The number of carbonyl (C=O) groups excluding carboxylic acids is 2. The number of carbonyl (C=O) groups is 2. The molecule has 112 valence electrons. The maximum absolute atomic E-state index is 12.1. The monoisotopic (exact) mass is 286 g/mol. The summed E-state index contributed by atoms with van der Waals surface area (Å²) in [5.74, 6) is 0.0408. The first-order valence-electron chi connectivity index (χ1n) is 7.34. The topological polar surface area (TPSA) is 49.4 Å². The third-order valence-corrected chi connectivity index (χ3v) is 3.94. The van der Waals surface area contributed by atoms with Crippen LogP contribution in [0.4, 0.5) is 0 Å². The van der Waals surface area contributed by atoms with E-state index in [1.54, 1.807) is 4.90 Å². The molecule has 2 rings (SSSR count). The normalized spacial score (nSPS) is 15.6. The Morgan fingerprint density at radius 1 is 1.29 bits per heavy atom. The lowest BCUT2D eigenvalue weighted by Gasteiger charge is -2.30. The third kappa shape index (κ3) is 4.18. The van der Waals surface area contributed by atoms with Crippen molar-refractivity contribution in [2.24, 2.45) is 5.92 Å². The molecule has 0 saturated carbocycles.